The van der Waals surface area contributed by atoms with Gasteiger partial charge in [0.1, 0.15) is 11.6 Å². The first-order chi connectivity index (χ1) is 14.2. The van der Waals surface area contributed by atoms with Crippen molar-refractivity contribution in [3.05, 3.63) is 90.4 Å². The van der Waals surface area contributed by atoms with Crippen molar-refractivity contribution in [2.24, 2.45) is 0 Å². The SMILES string of the molecule is O=C(COc1ccc(-c2cnc3ccccc3n2)cc1)NCc1ccc(F)cc1. The van der Waals surface area contributed by atoms with E-state index in [9.17, 15) is 9.18 Å². The predicted molar refractivity (Wildman–Crippen MR) is 109 cm³/mol. The average Bonchev–Trinajstić information content (AvgIpc) is 2.77. The van der Waals surface area contributed by atoms with Gasteiger partial charge in [-0.25, -0.2) is 9.37 Å². The zero-order chi connectivity index (χ0) is 20.1. The van der Waals surface area contributed by atoms with Crippen LogP contribution >= 0.6 is 0 Å². The number of carbonyl (C=O) groups is 1. The molecule has 0 unspecified atom stereocenters. The van der Waals surface area contributed by atoms with E-state index in [0.29, 0.717) is 12.3 Å². The molecule has 0 aliphatic carbocycles. The Morgan fingerprint density at radius 1 is 0.931 bits per heavy atom. The van der Waals surface area contributed by atoms with Crippen LogP contribution in [0.15, 0.2) is 79.0 Å². The molecule has 144 valence electrons. The van der Waals surface area contributed by atoms with Gasteiger partial charge in [0.2, 0.25) is 0 Å². The number of nitrogens with zero attached hydrogens (tertiary/aromatic N) is 2. The second-order valence-corrected chi connectivity index (χ2v) is 6.46. The summed E-state index contributed by atoms with van der Waals surface area (Å²) in [4.78, 5) is 21.0. The number of halogens is 1. The average molecular weight is 387 g/mol. The summed E-state index contributed by atoms with van der Waals surface area (Å²) in [6.07, 6.45) is 1.74. The van der Waals surface area contributed by atoms with Crippen molar-refractivity contribution in [1.82, 2.24) is 15.3 Å². The Hall–Kier alpha value is -3.80. The number of rotatable bonds is 6. The van der Waals surface area contributed by atoms with E-state index in [2.05, 4.69) is 15.3 Å². The molecule has 0 saturated carbocycles. The summed E-state index contributed by atoms with van der Waals surface area (Å²) in [7, 11) is 0. The molecule has 3 aromatic carbocycles. The number of benzene rings is 3. The summed E-state index contributed by atoms with van der Waals surface area (Å²) in [6.45, 7) is 0.221. The van der Waals surface area contributed by atoms with Crippen LogP contribution < -0.4 is 10.1 Å². The first-order valence-electron chi connectivity index (χ1n) is 9.13. The highest BCUT2D eigenvalue weighted by Crippen LogP contribution is 2.22. The topological polar surface area (TPSA) is 64.1 Å². The van der Waals surface area contributed by atoms with E-state index < -0.39 is 0 Å². The first kappa shape index (κ1) is 18.6. The van der Waals surface area contributed by atoms with Gasteiger partial charge in [-0.1, -0.05) is 24.3 Å². The first-order valence-corrected chi connectivity index (χ1v) is 9.13. The highest BCUT2D eigenvalue weighted by Gasteiger charge is 2.06. The summed E-state index contributed by atoms with van der Waals surface area (Å²) in [5.41, 5.74) is 4.19. The lowest BCUT2D eigenvalue weighted by Gasteiger charge is -2.08. The van der Waals surface area contributed by atoms with Gasteiger partial charge >= 0.3 is 0 Å². The van der Waals surface area contributed by atoms with Crippen LogP contribution in [0.5, 0.6) is 5.75 Å². The fourth-order valence-corrected chi connectivity index (χ4v) is 2.82. The summed E-state index contributed by atoms with van der Waals surface area (Å²) < 4.78 is 18.4. The standard InChI is InChI=1S/C23H18FN3O2/c24-18-9-5-16(6-10-18)13-26-23(28)15-29-19-11-7-17(8-12-19)22-14-25-20-3-1-2-4-21(20)27-22/h1-12,14H,13,15H2,(H,26,28). The molecule has 0 saturated heterocycles. The molecule has 0 aliphatic rings. The molecule has 4 rings (SSSR count). The molecule has 1 amide bonds. The van der Waals surface area contributed by atoms with E-state index in [1.54, 1.807) is 30.5 Å². The van der Waals surface area contributed by atoms with E-state index in [-0.39, 0.29) is 18.3 Å². The molecule has 1 heterocycles. The molecule has 0 fully saturated rings. The van der Waals surface area contributed by atoms with Crippen molar-refractivity contribution in [1.29, 1.82) is 0 Å². The van der Waals surface area contributed by atoms with Gasteiger partial charge in [-0.3, -0.25) is 9.78 Å². The van der Waals surface area contributed by atoms with E-state index in [1.165, 1.54) is 12.1 Å². The monoisotopic (exact) mass is 387 g/mol. The van der Waals surface area contributed by atoms with E-state index in [0.717, 1.165) is 27.9 Å². The van der Waals surface area contributed by atoms with Crippen LogP contribution in [0.2, 0.25) is 0 Å². The quantitative estimate of drug-likeness (QED) is 0.540. The van der Waals surface area contributed by atoms with Crippen molar-refractivity contribution in [3.8, 4) is 17.0 Å². The van der Waals surface area contributed by atoms with Crippen LogP contribution in [-0.4, -0.2) is 22.5 Å². The van der Waals surface area contributed by atoms with Gasteiger partial charge in [0.15, 0.2) is 6.61 Å². The number of aromatic nitrogens is 2. The molecule has 0 spiro atoms. The minimum absolute atomic E-state index is 0.101. The van der Waals surface area contributed by atoms with Crippen molar-refractivity contribution < 1.29 is 13.9 Å². The van der Waals surface area contributed by atoms with Gasteiger partial charge in [-0.15, -0.1) is 0 Å². The molecule has 0 bridgehead atoms. The molecule has 0 radical (unpaired) electrons. The van der Waals surface area contributed by atoms with Crippen molar-refractivity contribution in [2.45, 2.75) is 6.54 Å². The minimum Gasteiger partial charge on any atom is -0.484 e. The lowest BCUT2D eigenvalue weighted by atomic mass is 10.1. The summed E-state index contributed by atoms with van der Waals surface area (Å²) in [5.74, 6) is 0.0276. The third-order valence-electron chi connectivity index (χ3n) is 4.37. The Balaban J connectivity index is 1.32. The molecule has 1 N–H and O–H groups in total. The highest BCUT2D eigenvalue weighted by atomic mass is 19.1. The lowest BCUT2D eigenvalue weighted by Crippen LogP contribution is -2.28. The number of para-hydroxylation sites is 2. The summed E-state index contributed by atoms with van der Waals surface area (Å²) in [6, 6.07) is 21.0. The zero-order valence-corrected chi connectivity index (χ0v) is 15.5. The largest absolute Gasteiger partial charge is 0.484 e. The predicted octanol–water partition coefficient (Wildman–Crippen LogP) is 4.13. The number of nitrogens with one attached hydrogen (secondary N) is 1. The lowest BCUT2D eigenvalue weighted by molar-refractivity contribution is -0.123. The van der Waals surface area contributed by atoms with Crippen LogP contribution in [0.3, 0.4) is 0 Å². The Kier molecular flexibility index (Phi) is 5.42. The molecule has 4 aromatic rings. The maximum absolute atomic E-state index is 12.9. The number of amides is 1. The van der Waals surface area contributed by atoms with Crippen molar-refractivity contribution in [2.75, 3.05) is 6.61 Å². The number of ether oxygens (including phenoxy) is 1. The maximum Gasteiger partial charge on any atom is 0.258 e. The van der Waals surface area contributed by atoms with Gasteiger partial charge < -0.3 is 10.1 Å². The molecule has 0 atom stereocenters. The molecule has 1 aromatic heterocycles. The summed E-state index contributed by atoms with van der Waals surface area (Å²) >= 11 is 0. The Labute approximate surface area is 167 Å². The van der Waals surface area contributed by atoms with Gasteiger partial charge in [0.05, 0.1) is 22.9 Å². The molecular weight excluding hydrogens is 369 g/mol. The summed E-state index contributed by atoms with van der Waals surface area (Å²) in [5, 5.41) is 2.74. The molecule has 0 aliphatic heterocycles. The van der Waals surface area contributed by atoms with Crippen molar-refractivity contribution in [3.63, 3.8) is 0 Å². The maximum atomic E-state index is 12.9. The van der Waals surface area contributed by atoms with Gasteiger partial charge in [0, 0.05) is 12.1 Å². The second-order valence-electron chi connectivity index (χ2n) is 6.46. The van der Waals surface area contributed by atoms with E-state index >= 15 is 0 Å². The van der Waals surface area contributed by atoms with Gasteiger partial charge in [0.25, 0.3) is 5.91 Å². The molecular formula is C23H18FN3O2. The van der Waals surface area contributed by atoms with Gasteiger partial charge in [-0.05, 0) is 54.1 Å². The number of hydrogen-bond donors (Lipinski definition) is 1. The fourth-order valence-electron chi connectivity index (χ4n) is 2.82. The zero-order valence-electron chi connectivity index (χ0n) is 15.5. The number of fused-ring (bicyclic) bond motifs is 1. The van der Waals surface area contributed by atoms with E-state index in [4.69, 9.17) is 4.74 Å². The Bertz CT molecular complexity index is 1130. The third kappa shape index (κ3) is 4.73. The highest BCUT2D eigenvalue weighted by molar-refractivity contribution is 5.78. The van der Waals surface area contributed by atoms with Crippen LogP contribution in [0, 0.1) is 5.82 Å². The Morgan fingerprint density at radius 3 is 2.41 bits per heavy atom. The smallest absolute Gasteiger partial charge is 0.258 e. The molecule has 5 nitrogen and oxygen atoms in total. The van der Waals surface area contributed by atoms with Crippen LogP contribution in [0.4, 0.5) is 4.39 Å². The number of hydrogen-bond acceptors (Lipinski definition) is 4. The van der Waals surface area contributed by atoms with Crippen LogP contribution in [-0.2, 0) is 11.3 Å². The molecule has 29 heavy (non-hydrogen) atoms. The second kappa shape index (κ2) is 8.48. The van der Waals surface area contributed by atoms with E-state index in [1.807, 2.05) is 36.4 Å². The minimum atomic E-state index is -0.304. The van der Waals surface area contributed by atoms with Crippen LogP contribution in [0.25, 0.3) is 22.3 Å². The normalized spacial score (nSPS) is 10.7. The Morgan fingerprint density at radius 2 is 1.66 bits per heavy atom. The number of carbonyl (C=O) groups excluding carboxylic acids is 1. The third-order valence-corrected chi connectivity index (χ3v) is 4.37. The van der Waals surface area contributed by atoms with Gasteiger partial charge in [-0.2, -0.15) is 0 Å². The fraction of sp³-hybridized carbons (Fsp3) is 0.0870. The van der Waals surface area contributed by atoms with Crippen molar-refractivity contribution >= 4 is 16.9 Å². The van der Waals surface area contributed by atoms with Crippen LogP contribution in [0.1, 0.15) is 5.56 Å². The molecule has 6 heteroatoms.